The molecule has 5 nitrogen and oxygen atoms in total. The van der Waals surface area contributed by atoms with Gasteiger partial charge in [0.1, 0.15) is 18.5 Å². The monoisotopic (exact) mass is 431 g/mol. The van der Waals surface area contributed by atoms with Crippen LogP contribution in [0.25, 0.3) is 10.8 Å². The van der Waals surface area contributed by atoms with E-state index in [4.69, 9.17) is 4.74 Å². The first-order valence-electron chi connectivity index (χ1n) is 11.1. The summed E-state index contributed by atoms with van der Waals surface area (Å²) in [6.45, 7) is 4.54. The second-order valence-electron chi connectivity index (χ2n) is 8.37. The Morgan fingerprint density at radius 3 is 2.20 bits per heavy atom. The largest absolute Gasteiger partial charge is 1.00 e. The Morgan fingerprint density at radius 2 is 1.53 bits per heavy atom. The van der Waals surface area contributed by atoms with E-state index in [1.807, 2.05) is 41.3 Å². The van der Waals surface area contributed by atoms with Crippen molar-refractivity contribution in [3.63, 3.8) is 0 Å². The average Bonchev–Trinajstić information content (AvgIpc) is 2.78. The van der Waals surface area contributed by atoms with Gasteiger partial charge in [-0.1, -0.05) is 30.7 Å². The maximum absolute atomic E-state index is 13.2. The summed E-state index contributed by atoms with van der Waals surface area (Å²) in [6.07, 6.45) is 6.43. The molecule has 2 aliphatic rings. The number of piperidine rings is 2. The summed E-state index contributed by atoms with van der Waals surface area (Å²) < 4.78 is 6.04. The maximum atomic E-state index is 13.2. The Morgan fingerprint density at radius 1 is 0.933 bits per heavy atom. The Bertz CT molecular complexity index is 832. The highest BCUT2D eigenvalue weighted by Gasteiger charge is 2.23. The van der Waals surface area contributed by atoms with Gasteiger partial charge in [-0.3, -0.25) is 4.79 Å². The molecule has 2 saturated heterocycles. The van der Waals surface area contributed by atoms with Crippen LogP contribution in [0, 0.1) is 0 Å². The number of carbonyl (C=O) groups excluding carboxylic acids is 1. The van der Waals surface area contributed by atoms with Gasteiger partial charge in [0, 0.05) is 19.6 Å². The van der Waals surface area contributed by atoms with Crippen LogP contribution in [0.4, 0.5) is 0 Å². The molecular formula is C24H32ClN2O3-. The van der Waals surface area contributed by atoms with E-state index >= 15 is 0 Å². The molecule has 1 amide bonds. The van der Waals surface area contributed by atoms with Gasteiger partial charge in [-0.15, -0.1) is 0 Å². The van der Waals surface area contributed by atoms with Crippen LogP contribution < -0.4 is 17.1 Å². The smallest absolute Gasteiger partial charge is 0.257 e. The summed E-state index contributed by atoms with van der Waals surface area (Å²) in [6, 6.07) is 11.9. The summed E-state index contributed by atoms with van der Waals surface area (Å²) in [5, 5.41) is 12.6. The van der Waals surface area contributed by atoms with Crippen molar-refractivity contribution in [2.24, 2.45) is 0 Å². The lowest BCUT2D eigenvalue weighted by Gasteiger charge is -2.29. The molecule has 2 aromatic carbocycles. The summed E-state index contributed by atoms with van der Waals surface area (Å²) in [7, 11) is 0. The van der Waals surface area contributed by atoms with E-state index in [0.29, 0.717) is 17.9 Å². The summed E-state index contributed by atoms with van der Waals surface area (Å²) in [5.41, 5.74) is 0.607. The first-order chi connectivity index (χ1) is 14.2. The number of rotatable bonds is 6. The van der Waals surface area contributed by atoms with Gasteiger partial charge in [0.25, 0.3) is 5.91 Å². The Labute approximate surface area is 185 Å². The number of benzene rings is 2. The molecule has 30 heavy (non-hydrogen) atoms. The number of fused-ring (bicyclic) bond motifs is 1. The molecule has 2 aliphatic heterocycles. The van der Waals surface area contributed by atoms with Gasteiger partial charge in [0.05, 0.1) is 5.56 Å². The fourth-order valence-corrected chi connectivity index (χ4v) is 4.45. The van der Waals surface area contributed by atoms with Crippen LogP contribution in [-0.4, -0.2) is 66.2 Å². The van der Waals surface area contributed by atoms with Gasteiger partial charge in [0.15, 0.2) is 0 Å². The first kappa shape index (κ1) is 22.9. The lowest BCUT2D eigenvalue weighted by molar-refractivity contribution is -0.0000182. The zero-order valence-electron chi connectivity index (χ0n) is 17.6. The Hall–Kier alpha value is -1.82. The third-order valence-corrected chi connectivity index (χ3v) is 6.07. The van der Waals surface area contributed by atoms with E-state index in [9.17, 15) is 9.90 Å². The Balaban J connectivity index is 0.00000256. The predicted octanol–water partition coefficient (Wildman–Crippen LogP) is 0.696. The van der Waals surface area contributed by atoms with Crippen LogP contribution in [0.15, 0.2) is 36.4 Å². The van der Waals surface area contributed by atoms with Gasteiger partial charge >= 0.3 is 0 Å². The number of aliphatic hydroxyl groups is 1. The van der Waals surface area contributed by atoms with Crippen LogP contribution in [-0.2, 0) is 0 Å². The molecule has 4 rings (SSSR count). The third kappa shape index (κ3) is 5.65. The van der Waals surface area contributed by atoms with Crippen molar-refractivity contribution in [1.82, 2.24) is 9.80 Å². The maximum Gasteiger partial charge on any atom is 0.257 e. The van der Waals surface area contributed by atoms with Crippen LogP contribution in [0.5, 0.6) is 5.75 Å². The number of nitrogens with zero attached hydrogens (tertiary/aromatic N) is 2. The minimum atomic E-state index is -0.558. The molecule has 0 bridgehead atoms. The fourth-order valence-electron chi connectivity index (χ4n) is 4.45. The number of ether oxygens (including phenoxy) is 1. The zero-order chi connectivity index (χ0) is 20.1. The molecule has 164 valence electrons. The molecule has 2 fully saturated rings. The topological polar surface area (TPSA) is 53.0 Å². The van der Waals surface area contributed by atoms with Gasteiger partial charge in [-0.25, -0.2) is 0 Å². The lowest BCUT2D eigenvalue weighted by Crippen LogP contribution is -3.00. The van der Waals surface area contributed by atoms with Crippen molar-refractivity contribution in [3.05, 3.63) is 42.0 Å². The second-order valence-corrected chi connectivity index (χ2v) is 8.37. The van der Waals surface area contributed by atoms with Gasteiger partial charge in [-0.05, 0) is 68.1 Å². The highest BCUT2D eigenvalue weighted by molar-refractivity contribution is 6.01. The summed E-state index contributed by atoms with van der Waals surface area (Å²) in [5.74, 6) is 0.618. The minimum Gasteiger partial charge on any atom is -1.00 e. The van der Waals surface area contributed by atoms with E-state index in [-0.39, 0.29) is 24.9 Å². The highest BCUT2D eigenvalue weighted by Crippen LogP contribution is 2.28. The van der Waals surface area contributed by atoms with Gasteiger partial charge in [0.2, 0.25) is 0 Å². The average molecular weight is 432 g/mol. The molecule has 2 heterocycles. The Kier molecular flexibility index (Phi) is 8.37. The van der Waals surface area contributed by atoms with Crippen molar-refractivity contribution in [3.8, 4) is 5.75 Å². The quantitative estimate of drug-likeness (QED) is 0.731. The molecule has 1 N–H and O–H groups in total. The second kappa shape index (κ2) is 11.0. The van der Waals surface area contributed by atoms with E-state index in [0.717, 1.165) is 49.8 Å². The van der Waals surface area contributed by atoms with Crippen molar-refractivity contribution >= 4 is 16.7 Å². The number of β-amino-alcohol motifs (C(OH)–C–C–N with tert-alkyl or cyclic N) is 1. The van der Waals surface area contributed by atoms with E-state index in [1.54, 1.807) is 0 Å². The van der Waals surface area contributed by atoms with Crippen LogP contribution in [0.1, 0.15) is 48.9 Å². The van der Waals surface area contributed by atoms with Gasteiger partial charge < -0.3 is 32.1 Å². The van der Waals surface area contributed by atoms with E-state index in [1.165, 1.54) is 25.7 Å². The predicted molar refractivity (Wildman–Crippen MR) is 115 cm³/mol. The van der Waals surface area contributed by atoms with Crippen LogP contribution >= 0.6 is 0 Å². The SMILES string of the molecule is O=C(c1cc2ccccc2cc1OCC(O)CN1CCCCC1)N1CCCCC1.[Cl-]. The number of carbonyl (C=O) groups is 1. The molecule has 0 radical (unpaired) electrons. The molecule has 2 aromatic rings. The number of halogens is 1. The summed E-state index contributed by atoms with van der Waals surface area (Å²) in [4.78, 5) is 17.4. The van der Waals surface area contributed by atoms with Crippen molar-refractivity contribution in [1.29, 1.82) is 0 Å². The molecular weight excluding hydrogens is 400 g/mol. The molecule has 1 atom stereocenters. The normalized spacial score (nSPS) is 18.6. The van der Waals surface area contributed by atoms with Crippen molar-refractivity contribution < 1.29 is 27.0 Å². The molecule has 6 heteroatoms. The van der Waals surface area contributed by atoms with Crippen molar-refractivity contribution in [2.75, 3.05) is 39.3 Å². The van der Waals surface area contributed by atoms with Crippen LogP contribution in [0.2, 0.25) is 0 Å². The standard InChI is InChI=1S/C24H32N2O3.ClH/c27-21(17-25-11-5-1-6-12-25)18-29-23-16-20-10-4-3-9-19(20)15-22(23)24(28)26-13-7-2-8-14-26;/h3-4,9-10,15-16,21,27H,1-2,5-8,11-14,17-18H2;1H/p-1. The minimum absolute atomic E-state index is 0. The highest BCUT2D eigenvalue weighted by atomic mass is 35.5. The summed E-state index contributed by atoms with van der Waals surface area (Å²) >= 11 is 0. The van der Waals surface area contributed by atoms with Crippen molar-refractivity contribution in [2.45, 2.75) is 44.6 Å². The lowest BCUT2D eigenvalue weighted by atomic mass is 10.0. The molecule has 1 unspecified atom stereocenters. The number of hydrogen-bond donors (Lipinski definition) is 1. The number of aliphatic hydroxyl groups excluding tert-OH is 1. The zero-order valence-corrected chi connectivity index (χ0v) is 18.3. The van der Waals surface area contributed by atoms with E-state index in [2.05, 4.69) is 4.90 Å². The molecule has 0 aromatic heterocycles. The fraction of sp³-hybridized carbons (Fsp3) is 0.542. The van der Waals surface area contributed by atoms with E-state index < -0.39 is 6.10 Å². The number of hydrogen-bond acceptors (Lipinski definition) is 4. The molecule has 0 saturated carbocycles. The molecule has 0 spiro atoms. The third-order valence-electron chi connectivity index (χ3n) is 6.07. The van der Waals surface area contributed by atoms with Gasteiger partial charge in [-0.2, -0.15) is 0 Å². The number of amides is 1. The van der Waals surface area contributed by atoms with Crippen LogP contribution in [0.3, 0.4) is 0 Å². The molecule has 0 aliphatic carbocycles. The first-order valence-corrected chi connectivity index (χ1v) is 11.1. The number of likely N-dealkylation sites (tertiary alicyclic amines) is 2.